The van der Waals surface area contributed by atoms with Crippen LogP contribution in [0.15, 0.2) is 23.4 Å². The van der Waals surface area contributed by atoms with Crippen LogP contribution in [0.5, 0.6) is 5.06 Å². The molecule has 1 unspecified atom stereocenters. The van der Waals surface area contributed by atoms with E-state index in [4.69, 9.17) is 32.8 Å². The molecule has 1 aliphatic heterocycles. The summed E-state index contributed by atoms with van der Waals surface area (Å²) in [6.07, 6.45) is -3.35. The molecule has 2 aliphatic rings. The van der Waals surface area contributed by atoms with Crippen molar-refractivity contribution in [3.05, 3.63) is 49.8 Å². The fraction of sp³-hybridized carbons (Fsp3) is 0.435. The fourth-order valence-corrected chi connectivity index (χ4v) is 6.01. The number of hydrogen-bond acceptors (Lipinski definition) is 6. The van der Waals surface area contributed by atoms with Gasteiger partial charge >= 0.3 is 12.3 Å². The van der Waals surface area contributed by atoms with E-state index in [0.29, 0.717) is 24.3 Å². The topological polar surface area (TPSA) is 89.0 Å². The highest BCUT2D eigenvalue weighted by atomic mass is 35.5. The molecule has 7 nitrogen and oxygen atoms in total. The highest BCUT2D eigenvalue weighted by molar-refractivity contribution is 7.16. The van der Waals surface area contributed by atoms with E-state index in [1.165, 1.54) is 6.07 Å². The molecule has 2 N–H and O–H groups in total. The summed E-state index contributed by atoms with van der Waals surface area (Å²) in [7, 11) is 0. The summed E-state index contributed by atoms with van der Waals surface area (Å²) in [4.78, 5) is 29.5. The van der Waals surface area contributed by atoms with Gasteiger partial charge in [-0.25, -0.2) is 4.79 Å². The van der Waals surface area contributed by atoms with Crippen LogP contribution in [-0.2, 0) is 28.1 Å². The lowest BCUT2D eigenvalue weighted by molar-refractivity contribution is -0.275. The average molecular weight is 564 g/mol. The van der Waals surface area contributed by atoms with Crippen molar-refractivity contribution in [1.82, 2.24) is 10.6 Å². The molecule has 2 aromatic rings. The van der Waals surface area contributed by atoms with E-state index in [9.17, 15) is 22.8 Å². The average Bonchev–Trinajstić information content (AvgIpc) is 3.41. The third-order valence-corrected chi connectivity index (χ3v) is 7.55. The highest BCUT2D eigenvalue weighted by Gasteiger charge is 2.62. The number of oxime groups is 1. The van der Waals surface area contributed by atoms with E-state index in [0.717, 1.165) is 47.4 Å². The summed E-state index contributed by atoms with van der Waals surface area (Å²) >= 11 is 13.0. The lowest BCUT2D eigenvalue weighted by Crippen LogP contribution is -2.42. The predicted molar refractivity (Wildman–Crippen MR) is 130 cm³/mol. The Labute approximate surface area is 218 Å². The maximum absolute atomic E-state index is 14.4. The van der Waals surface area contributed by atoms with Gasteiger partial charge in [-0.1, -0.05) is 39.7 Å². The van der Waals surface area contributed by atoms with Crippen LogP contribution in [0.2, 0.25) is 10.0 Å². The van der Waals surface area contributed by atoms with Crippen LogP contribution < -0.4 is 15.4 Å². The molecule has 36 heavy (non-hydrogen) atoms. The maximum Gasteiger partial charge on any atom is 0.435 e. The summed E-state index contributed by atoms with van der Waals surface area (Å²) < 4.78 is 48.6. The van der Waals surface area contributed by atoms with E-state index >= 15 is 0 Å². The number of alkyl halides is 3. The van der Waals surface area contributed by atoms with Crippen molar-refractivity contribution in [3.8, 4) is 5.06 Å². The standard InChI is InChI=1S/C23H22Cl2F3N3O4S/c1-2-29-18(32)11-30-21(33)34-20-16-6-4-3-5-15(16)19(36-20)17-10-22(35-31-17,23(26,27)28)12-7-13(24)9-14(25)8-12/h7-9H,2-6,10-11H2,1H3,(H,29,32)(H,30,33). The summed E-state index contributed by atoms with van der Waals surface area (Å²) in [6, 6.07) is 3.66. The van der Waals surface area contributed by atoms with E-state index < -0.39 is 24.3 Å². The van der Waals surface area contributed by atoms with Crippen molar-refractivity contribution in [3.63, 3.8) is 0 Å². The van der Waals surface area contributed by atoms with Crippen molar-refractivity contribution in [2.24, 2.45) is 5.16 Å². The van der Waals surface area contributed by atoms with Crippen LogP contribution >= 0.6 is 34.5 Å². The number of benzene rings is 1. The Kier molecular flexibility index (Phi) is 7.72. The Hall–Kier alpha value is -2.50. The molecule has 0 spiro atoms. The first-order valence-electron chi connectivity index (χ1n) is 11.2. The number of carbonyl (C=O) groups excluding carboxylic acids is 2. The molecule has 4 rings (SSSR count). The smallest absolute Gasteiger partial charge is 0.399 e. The largest absolute Gasteiger partial charge is 0.435 e. The zero-order valence-corrected chi connectivity index (χ0v) is 21.4. The number of nitrogens with zero attached hydrogens (tertiary/aromatic N) is 1. The number of ether oxygens (including phenoxy) is 1. The van der Waals surface area contributed by atoms with Crippen LogP contribution in [0.1, 0.15) is 47.8 Å². The molecule has 1 aromatic heterocycles. The van der Waals surface area contributed by atoms with Crippen LogP contribution in [0, 0.1) is 0 Å². The second-order valence-electron chi connectivity index (χ2n) is 8.37. The van der Waals surface area contributed by atoms with Gasteiger partial charge in [0.1, 0.15) is 12.3 Å². The third kappa shape index (κ3) is 5.28. The molecule has 2 amide bonds. The first kappa shape index (κ1) is 26.6. The molecule has 1 aromatic carbocycles. The first-order valence-corrected chi connectivity index (χ1v) is 12.8. The van der Waals surface area contributed by atoms with Gasteiger partial charge in [-0.2, -0.15) is 13.2 Å². The minimum absolute atomic E-state index is 0.0426. The molecule has 0 saturated heterocycles. The van der Waals surface area contributed by atoms with Crippen LogP contribution in [0.25, 0.3) is 0 Å². The number of carbonyl (C=O) groups is 2. The predicted octanol–water partition coefficient (Wildman–Crippen LogP) is 5.74. The Morgan fingerprint density at radius 3 is 2.44 bits per heavy atom. The van der Waals surface area contributed by atoms with Gasteiger partial charge in [-0.3, -0.25) is 4.79 Å². The van der Waals surface area contributed by atoms with Crippen molar-refractivity contribution in [1.29, 1.82) is 0 Å². The van der Waals surface area contributed by atoms with Crippen LogP contribution in [0.4, 0.5) is 18.0 Å². The van der Waals surface area contributed by atoms with Gasteiger partial charge in [-0.15, -0.1) is 0 Å². The first-order chi connectivity index (χ1) is 17.0. The Balaban J connectivity index is 1.62. The van der Waals surface area contributed by atoms with Crippen molar-refractivity contribution >= 4 is 52.3 Å². The van der Waals surface area contributed by atoms with Gasteiger partial charge in [0.05, 0.1) is 11.3 Å². The summed E-state index contributed by atoms with van der Waals surface area (Å²) in [6.45, 7) is 1.91. The number of likely N-dealkylation sites (N-methyl/N-ethyl adjacent to an activating group) is 1. The van der Waals surface area contributed by atoms with Gasteiger partial charge in [0.25, 0.3) is 5.60 Å². The SMILES string of the molecule is CCNC(=O)CNC(=O)Oc1sc(C2=NOC(c3cc(Cl)cc(Cl)c3)(C(F)(F)F)C2)c2c1CCCC2. The van der Waals surface area contributed by atoms with Crippen LogP contribution in [-0.4, -0.2) is 37.0 Å². The second-order valence-corrected chi connectivity index (χ2v) is 10.2. The van der Waals surface area contributed by atoms with Gasteiger partial charge in [0.2, 0.25) is 5.91 Å². The van der Waals surface area contributed by atoms with Crippen LogP contribution in [0.3, 0.4) is 0 Å². The Morgan fingerprint density at radius 1 is 1.14 bits per heavy atom. The van der Waals surface area contributed by atoms with E-state index in [1.54, 1.807) is 6.92 Å². The molecule has 0 radical (unpaired) electrons. The number of nitrogens with one attached hydrogen (secondary N) is 2. The molecule has 13 heteroatoms. The molecule has 1 aliphatic carbocycles. The number of hydrogen-bond donors (Lipinski definition) is 2. The minimum atomic E-state index is -4.82. The Bertz CT molecular complexity index is 1200. The van der Waals surface area contributed by atoms with Crippen molar-refractivity contribution < 1.29 is 32.3 Å². The monoisotopic (exact) mass is 563 g/mol. The number of halogens is 5. The lowest BCUT2D eigenvalue weighted by Gasteiger charge is -2.29. The van der Waals surface area contributed by atoms with E-state index in [-0.39, 0.29) is 38.8 Å². The molecule has 2 heterocycles. The fourth-order valence-electron chi connectivity index (χ4n) is 4.26. The molecule has 0 bridgehead atoms. The van der Waals surface area contributed by atoms with Gasteiger partial charge in [-0.05, 0) is 56.4 Å². The molecule has 0 fully saturated rings. The zero-order valence-electron chi connectivity index (χ0n) is 19.1. The highest BCUT2D eigenvalue weighted by Crippen LogP contribution is 2.51. The van der Waals surface area contributed by atoms with Gasteiger partial charge in [0, 0.05) is 27.7 Å². The van der Waals surface area contributed by atoms with Crippen molar-refractivity contribution in [2.75, 3.05) is 13.1 Å². The third-order valence-electron chi connectivity index (χ3n) is 5.91. The number of rotatable bonds is 6. The molecular weight excluding hydrogens is 542 g/mol. The minimum Gasteiger partial charge on any atom is -0.399 e. The second kappa shape index (κ2) is 10.5. The van der Waals surface area contributed by atoms with E-state index in [2.05, 4.69) is 15.8 Å². The summed E-state index contributed by atoms with van der Waals surface area (Å²) in [5, 5.41) is 9.13. The molecule has 1 atom stereocenters. The maximum atomic E-state index is 14.4. The summed E-state index contributed by atoms with van der Waals surface area (Å²) in [5.74, 6) is -0.370. The zero-order chi connectivity index (χ0) is 26.1. The molecular formula is C23H22Cl2F3N3O4S. The normalized spacial score (nSPS) is 19.2. The Morgan fingerprint density at radius 2 is 1.81 bits per heavy atom. The van der Waals surface area contributed by atoms with Gasteiger partial charge in [0.15, 0.2) is 5.06 Å². The number of amides is 2. The molecule has 0 saturated carbocycles. The van der Waals surface area contributed by atoms with Gasteiger partial charge < -0.3 is 20.2 Å². The number of thiophene rings is 1. The molecule has 194 valence electrons. The summed E-state index contributed by atoms with van der Waals surface area (Å²) in [5.41, 5.74) is -1.36. The van der Waals surface area contributed by atoms with Crippen molar-refractivity contribution in [2.45, 2.75) is 50.8 Å². The quantitative estimate of drug-likeness (QED) is 0.469. The van der Waals surface area contributed by atoms with E-state index in [1.807, 2.05) is 0 Å². The number of fused-ring (bicyclic) bond motifs is 1. The lowest BCUT2D eigenvalue weighted by atomic mass is 9.86.